The molecule has 1 aromatic heterocycles. The van der Waals surface area contributed by atoms with Gasteiger partial charge in [0.15, 0.2) is 9.76 Å². The third-order valence-corrected chi connectivity index (χ3v) is 4.52. The van der Waals surface area contributed by atoms with Crippen molar-refractivity contribution in [2.45, 2.75) is 32.2 Å². The van der Waals surface area contributed by atoms with E-state index in [1.54, 1.807) is 7.11 Å². The van der Waals surface area contributed by atoms with Crippen LogP contribution >= 0.6 is 0 Å². The summed E-state index contributed by atoms with van der Waals surface area (Å²) in [5.74, 6) is 0.0205. The summed E-state index contributed by atoms with van der Waals surface area (Å²) in [5.41, 5.74) is 2.65. The minimum atomic E-state index is -0.360. The van der Waals surface area contributed by atoms with E-state index < -0.39 is 0 Å². The zero-order valence-electron chi connectivity index (χ0n) is 14.2. The molecule has 7 nitrogen and oxygen atoms in total. The van der Waals surface area contributed by atoms with Crippen molar-refractivity contribution >= 4 is 26.7 Å². The molecule has 1 aromatic carbocycles. The van der Waals surface area contributed by atoms with Gasteiger partial charge in [-0.05, 0) is 31.0 Å². The normalized spacial score (nSPS) is 11.0. The summed E-state index contributed by atoms with van der Waals surface area (Å²) < 4.78 is 6.55. The molecule has 0 bridgehead atoms. The van der Waals surface area contributed by atoms with Gasteiger partial charge in [-0.2, -0.15) is 4.68 Å². The van der Waals surface area contributed by atoms with Gasteiger partial charge in [0.1, 0.15) is 5.52 Å². The smallest absolute Gasteiger partial charge is 0.248 e. The van der Waals surface area contributed by atoms with E-state index in [-0.39, 0.29) is 15.7 Å². The Hall–Kier alpha value is -1.61. The van der Waals surface area contributed by atoms with Gasteiger partial charge in [-0.15, -0.1) is 5.10 Å². The quantitative estimate of drug-likeness (QED) is 0.332. The molecular formula is C15H25N3O4Si. The lowest BCUT2D eigenvalue weighted by atomic mass is 10.2. The average Bonchev–Trinajstić information content (AvgIpc) is 3.00. The molecule has 128 valence electrons. The van der Waals surface area contributed by atoms with E-state index in [4.69, 9.17) is 4.43 Å². The molecule has 0 radical (unpaired) electrons. The maximum absolute atomic E-state index is 12.1. The number of hydrogen-bond acceptors (Lipinski definition) is 6. The molecule has 0 atom stereocenters. The molecule has 0 fully saturated rings. The Kier molecular flexibility index (Phi) is 9.30. The Morgan fingerprint density at radius 1 is 1.22 bits per heavy atom. The number of unbranched alkanes of at least 4 members (excludes halogenated alkanes) is 1. The highest BCUT2D eigenvalue weighted by Gasteiger charge is 2.12. The highest BCUT2D eigenvalue weighted by Crippen LogP contribution is 2.15. The lowest BCUT2D eigenvalue weighted by Gasteiger charge is -2.02. The van der Waals surface area contributed by atoms with Crippen molar-refractivity contribution < 1.29 is 19.0 Å². The van der Waals surface area contributed by atoms with Gasteiger partial charge >= 0.3 is 0 Å². The zero-order valence-corrected chi connectivity index (χ0v) is 15.7. The second kappa shape index (κ2) is 11.0. The number of fused-ring (bicyclic) bond motifs is 1. The number of carbonyl (C=O) groups is 1. The van der Waals surface area contributed by atoms with Crippen LogP contribution in [0.2, 0.25) is 6.04 Å². The summed E-state index contributed by atoms with van der Waals surface area (Å²) in [7, 11) is 4.31. The SMILES string of the molecule is COOC.CO[SiH2]CCCCC(=O)n1nnc2c(C)cccc21. The molecule has 0 unspecified atom stereocenters. The minimum absolute atomic E-state index is 0.0205. The lowest BCUT2D eigenvalue weighted by molar-refractivity contribution is -0.248. The van der Waals surface area contributed by atoms with Crippen LogP contribution < -0.4 is 0 Å². The summed E-state index contributed by atoms with van der Waals surface area (Å²) in [6, 6.07) is 6.91. The summed E-state index contributed by atoms with van der Waals surface area (Å²) in [4.78, 5) is 20.2. The Balaban J connectivity index is 0.000000593. The van der Waals surface area contributed by atoms with E-state index in [1.807, 2.05) is 25.1 Å². The summed E-state index contributed by atoms with van der Waals surface area (Å²) >= 11 is 0. The van der Waals surface area contributed by atoms with Gasteiger partial charge in [-0.1, -0.05) is 23.8 Å². The molecule has 0 saturated heterocycles. The van der Waals surface area contributed by atoms with E-state index in [9.17, 15) is 4.79 Å². The van der Waals surface area contributed by atoms with Crippen molar-refractivity contribution in [1.82, 2.24) is 15.0 Å². The molecule has 0 saturated carbocycles. The van der Waals surface area contributed by atoms with Crippen molar-refractivity contribution in [3.63, 3.8) is 0 Å². The van der Waals surface area contributed by atoms with E-state index in [2.05, 4.69) is 20.1 Å². The first kappa shape index (κ1) is 19.4. The second-order valence-electron chi connectivity index (χ2n) is 4.97. The molecule has 0 amide bonds. The molecule has 0 spiro atoms. The molecule has 2 rings (SSSR count). The Morgan fingerprint density at radius 3 is 2.61 bits per heavy atom. The maximum atomic E-state index is 12.1. The molecule has 0 N–H and O–H groups in total. The summed E-state index contributed by atoms with van der Waals surface area (Å²) in [5, 5.41) is 8.05. The van der Waals surface area contributed by atoms with Gasteiger partial charge < -0.3 is 4.43 Å². The minimum Gasteiger partial charge on any atom is -0.427 e. The van der Waals surface area contributed by atoms with Crippen LogP contribution in [0.5, 0.6) is 0 Å². The van der Waals surface area contributed by atoms with Crippen LogP contribution in [-0.4, -0.2) is 52.0 Å². The number of rotatable bonds is 7. The van der Waals surface area contributed by atoms with E-state index in [1.165, 1.54) is 18.9 Å². The molecule has 2 aromatic rings. The fraction of sp³-hybridized carbons (Fsp3) is 0.533. The number of benzene rings is 1. The Bertz CT molecular complexity index is 601. The number of nitrogens with zero attached hydrogens (tertiary/aromatic N) is 3. The molecule has 23 heavy (non-hydrogen) atoms. The van der Waals surface area contributed by atoms with Crippen LogP contribution in [0.4, 0.5) is 0 Å². The third-order valence-electron chi connectivity index (χ3n) is 3.32. The molecule has 0 aliphatic heterocycles. The third kappa shape index (κ3) is 6.18. The fourth-order valence-electron chi connectivity index (χ4n) is 2.07. The van der Waals surface area contributed by atoms with Crippen LogP contribution in [0.1, 0.15) is 29.6 Å². The van der Waals surface area contributed by atoms with Crippen molar-refractivity contribution in [3.8, 4) is 0 Å². The van der Waals surface area contributed by atoms with E-state index in [0.717, 1.165) is 35.5 Å². The first-order valence-corrected chi connectivity index (χ1v) is 9.13. The predicted octanol–water partition coefficient (Wildman–Crippen LogP) is 1.89. The summed E-state index contributed by atoms with van der Waals surface area (Å²) in [6.07, 6.45) is 2.46. The van der Waals surface area contributed by atoms with Crippen LogP contribution in [0.3, 0.4) is 0 Å². The van der Waals surface area contributed by atoms with Crippen LogP contribution in [-0.2, 0) is 14.2 Å². The average molecular weight is 339 g/mol. The molecular weight excluding hydrogens is 314 g/mol. The highest BCUT2D eigenvalue weighted by atomic mass is 28.2. The van der Waals surface area contributed by atoms with Gasteiger partial charge in [-0.3, -0.25) is 4.79 Å². The van der Waals surface area contributed by atoms with Gasteiger partial charge in [0.25, 0.3) is 0 Å². The second-order valence-corrected chi connectivity index (χ2v) is 6.67. The van der Waals surface area contributed by atoms with Gasteiger partial charge in [-0.25, -0.2) is 9.78 Å². The van der Waals surface area contributed by atoms with Gasteiger partial charge in [0, 0.05) is 13.5 Å². The zero-order chi connectivity index (χ0) is 17.1. The van der Waals surface area contributed by atoms with Gasteiger partial charge in [0.05, 0.1) is 19.7 Å². The maximum Gasteiger partial charge on any atom is 0.248 e. The Labute approximate surface area is 138 Å². The topological polar surface area (TPSA) is 75.5 Å². The molecule has 0 aliphatic carbocycles. The van der Waals surface area contributed by atoms with E-state index >= 15 is 0 Å². The predicted molar refractivity (Wildman–Crippen MR) is 91.1 cm³/mol. The van der Waals surface area contributed by atoms with Crippen LogP contribution in [0.25, 0.3) is 11.0 Å². The largest absolute Gasteiger partial charge is 0.427 e. The first-order chi connectivity index (χ1) is 11.2. The molecule has 0 aliphatic rings. The fourth-order valence-corrected chi connectivity index (χ4v) is 2.92. The van der Waals surface area contributed by atoms with Crippen LogP contribution in [0.15, 0.2) is 18.2 Å². The summed E-state index contributed by atoms with van der Waals surface area (Å²) in [6.45, 7) is 1.97. The van der Waals surface area contributed by atoms with Crippen molar-refractivity contribution in [2.24, 2.45) is 0 Å². The first-order valence-electron chi connectivity index (χ1n) is 7.55. The van der Waals surface area contributed by atoms with E-state index in [0.29, 0.717) is 6.42 Å². The van der Waals surface area contributed by atoms with Crippen molar-refractivity contribution in [2.75, 3.05) is 21.3 Å². The van der Waals surface area contributed by atoms with Crippen LogP contribution in [0, 0.1) is 6.92 Å². The monoisotopic (exact) mass is 339 g/mol. The molecule has 8 heteroatoms. The Morgan fingerprint density at radius 2 is 1.96 bits per heavy atom. The van der Waals surface area contributed by atoms with Gasteiger partial charge in [0.2, 0.25) is 5.91 Å². The number of carbonyl (C=O) groups excluding carboxylic acids is 1. The standard InChI is InChI=1S/C13H19N3O2Si.C2H6O2/c1-10-6-5-7-11-13(10)14-15-16(11)12(17)8-3-4-9-19-18-2;1-3-4-2/h5-7H,3-4,8-9,19H2,1-2H3;1-2H3. The number of aryl methyl sites for hydroxylation is 1. The lowest BCUT2D eigenvalue weighted by Crippen LogP contribution is -2.12. The molecule has 1 heterocycles. The van der Waals surface area contributed by atoms with Crippen molar-refractivity contribution in [3.05, 3.63) is 23.8 Å². The number of hydrogen-bond donors (Lipinski definition) is 0. The van der Waals surface area contributed by atoms with Crippen molar-refractivity contribution in [1.29, 1.82) is 0 Å². The highest BCUT2D eigenvalue weighted by molar-refractivity contribution is 6.26. The number of aromatic nitrogens is 3.